The number of pyridine rings is 1. The van der Waals surface area contributed by atoms with Crippen molar-refractivity contribution in [3.63, 3.8) is 0 Å². The predicted octanol–water partition coefficient (Wildman–Crippen LogP) is 2.34. The molecule has 1 fully saturated rings. The molecule has 1 aliphatic carbocycles. The van der Waals surface area contributed by atoms with Crippen LogP contribution in [0.25, 0.3) is 0 Å². The molecule has 4 heteroatoms. The van der Waals surface area contributed by atoms with Crippen LogP contribution in [0.1, 0.15) is 24.8 Å². The van der Waals surface area contributed by atoms with Crippen molar-refractivity contribution in [2.24, 2.45) is 0 Å². The predicted molar refractivity (Wildman–Crippen MR) is 68.0 cm³/mol. The lowest BCUT2D eigenvalue weighted by Crippen LogP contribution is -2.34. The van der Waals surface area contributed by atoms with Gasteiger partial charge < -0.3 is 10.1 Å². The summed E-state index contributed by atoms with van der Waals surface area (Å²) < 4.78 is 6.47. The minimum atomic E-state index is 0.700. The van der Waals surface area contributed by atoms with Crippen molar-refractivity contribution in [2.45, 2.75) is 31.8 Å². The zero-order valence-electron chi connectivity index (χ0n) is 8.79. The van der Waals surface area contributed by atoms with Crippen LogP contribution < -0.4 is 10.1 Å². The molecule has 0 aromatic carbocycles. The Morgan fingerprint density at radius 1 is 1.60 bits per heavy atom. The third-order valence-electron chi connectivity index (χ3n) is 2.83. The van der Waals surface area contributed by atoms with Gasteiger partial charge in [0, 0.05) is 27.9 Å². The maximum atomic E-state index is 5.25. The SMILES string of the molecule is COc1nccc(I)c1CNC1CCC1. The van der Waals surface area contributed by atoms with Crippen LogP contribution in [0.4, 0.5) is 0 Å². The summed E-state index contributed by atoms with van der Waals surface area (Å²) in [5.74, 6) is 0.744. The van der Waals surface area contributed by atoms with E-state index in [-0.39, 0.29) is 0 Å². The maximum absolute atomic E-state index is 5.25. The van der Waals surface area contributed by atoms with E-state index in [9.17, 15) is 0 Å². The van der Waals surface area contributed by atoms with Gasteiger partial charge in [0.2, 0.25) is 5.88 Å². The normalized spacial score (nSPS) is 16.1. The van der Waals surface area contributed by atoms with Crippen LogP contribution in [-0.2, 0) is 6.54 Å². The highest BCUT2D eigenvalue weighted by atomic mass is 127. The van der Waals surface area contributed by atoms with Gasteiger partial charge in [-0.15, -0.1) is 0 Å². The number of nitrogens with zero attached hydrogens (tertiary/aromatic N) is 1. The van der Waals surface area contributed by atoms with E-state index in [1.165, 1.54) is 28.4 Å². The largest absolute Gasteiger partial charge is 0.481 e. The number of rotatable bonds is 4. The third-order valence-corrected chi connectivity index (χ3v) is 3.84. The lowest BCUT2D eigenvalue weighted by Gasteiger charge is -2.26. The minimum Gasteiger partial charge on any atom is -0.481 e. The number of hydrogen-bond acceptors (Lipinski definition) is 3. The summed E-state index contributed by atoms with van der Waals surface area (Å²) in [6, 6.07) is 2.71. The Bertz CT molecular complexity index is 339. The number of hydrogen-bond donors (Lipinski definition) is 1. The summed E-state index contributed by atoms with van der Waals surface area (Å²) in [4.78, 5) is 4.21. The Labute approximate surface area is 104 Å². The number of ether oxygens (including phenoxy) is 1. The number of halogens is 1. The van der Waals surface area contributed by atoms with Crippen LogP contribution in [0.5, 0.6) is 5.88 Å². The maximum Gasteiger partial charge on any atom is 0.218 e. The van der Waals surface area contributed by atoms with Crippen molar-refractivity contribution in [2.75, 3.05) is 7.11 Å². The van der Waals surface area contributed by atoms with Crippen LogP contribution in [0.3, 0.4) is 0 Å². The molecule has 0 spiro atoms. The molecule has 2 rings (SSSR count). The molecular weight excluding hydrogens is 303 g/mol. The Kier molecular flexibility index (Phi) is 3.80. The van der Waals surface area contributed by atoms with Crippen LogP contribution in [0.15, 0.2) is 12.3 Å². The molecule has 0 amide bonds. The van der Waals surface area contributed by atoms with E-state index >= 15 is 0 Å². The monoisotopic (exact) mass is 318 g/mol. The summed E-state index contributed by atoms with van der Waals surface area (Å²) in [6.07, 6.45) is 5.75. The summed E-state index contributed by atoms with van der Waals surface area (Å²) >= 11 is 2.33. The Morgan fingerprint density at radius 3 is 3.00 bits per heavy atom. The standard InChI is InChI=1S/C11H15IN2O/c1-15-11-9(10(12)5-6-13-11)7-14-8-3-2-4-8/h5-6,8,14H,2-4,7H2,1H3. The summed E-state index contributed by atoms with van der Waals surface area (Å²) in [5, 5.41) is 3.53. The Balaban J connectivity index is 2.04. The van der Waals surface area contributed by atoms with Crippen LogP contribution in [0, 0.1) is 3.57 Å². The number of methoxy groups -OCH3 is 1. The topological polar surface area (TPSA) is 34.1 Å². The molecule has 1 aliphatic rings. The second-order valence-corrected chi connectivity index (χ2v) is 4.95. The first-order chi connectivity index (χ1) is 7.31. The van der Waals surface area contributed by atoms with E-state index in [1.54, 1.807) is 13.3 Å². The average molecular weight is 318 g/mol. The molecule has 3 nitrogen and oxygen atoms in total. The van der Waals surface area contributed by atoms with Gasteiger partial charge in [-0.1, -0.05) is 6.42 Å². The Hall–Kier alpha value is -0.360. The Morgan fingerprint density at radius 2 is 2.40 bits per heavy atom. The van der Waals surface area contributed by atoms with Gasteiger partial charge in [0.05, 0.1) is 7.11 Å². The molecule has 1 N–H and O–H groups in total. The van der Waals surface area contributed by atoms with Crippen LogP contribution in [-0.4, -0.2) is 18.1 Å². The first-order valence-electron chi connectivity index (χ1n) is 5.22. The fourth-order valence-electron chi connectivity index (χ4n) is 1.65. The molecule has 0 aliphatic heterocycles. The average Bonchev–Trinajstić information content (AvgIpc) is 2.17. The zero-order chi connectivity index (χ0) is 10.7. The van der Waals surface area contributed by atoms with Crippen molar-refractivity contribution < 1.29 is 4.74 Å². The van der Waals surface area contributed by atoms with Gasteiger partial charge in [-0.2, -0.15) is 0 Å². The molecule has 1 heterocycles. The van der Waals surface area contributed by atoms with Gasteiger partial charge in [-0.3, -0.25) is 0 Å². The highest BCUT2D eigenvalue weighted by Gasteiger charge is 2.17. The second kappa shape index (κ2) is 5.12. The molecule has 0 unspecified atom stereocenters. The fourth-order valence-corrected chi connectivity index (χ4v) is 2.23. The summed E-state index contributed by atoms with van der Waals surface area (Å²) in [6.45, 7) is 0.861. The van der Waals surface area contributed by atoms with Gasteiger partial charge in [-0.05, 0) is 41.5 Å². The molecule has 0 atom stereocenters. The first kappa shape index (κ1) is 11.1. The van der Waals surface area contributed by atoms with Gasteiger partial charge in [0.15, 0.2) is 0 Å². The van der Waals surface area contributed by atoms with E-state index in [4.69, 9.17) is 4.74 Å². The highest BCUT2D eigenvalue weighted by molar-refractivity contribution is 14.1. The second-order valence-electron chi connectivity index (χ2n) is 3.79. The third kappa shape index (κ3) is 2.60. The van der Waals surface area contributed by atoms with Gasteiger partial charge in [-0.25, -0.2) is 4.98 Å². The molecule has 15 heavy (non-hydrogen) atoms. The molecular formula is C11H15IN2O. The molecule has 1 aromatic heterocycles. The van der Waals surface area contributed by atoms with E-state index in [2.05, 4.69) is 32.9 Å². The number of nitrogens with one attached hydrogen (secondary N) is 1. The highest BCUT2D eigenvalue weighted by Crippen LogP contribution is 2.23. The van der Waals surface area contributed by atoms with Crippen molar-refractivity contribution in [1.29, 1.82) is 0 Å². The lowest BCUT2D eigenvalue weighted by molar-refractivity contribution is 0.332. The zero-order valence-corrected chi connectivity index (χ0v) is 11.0. The minimum absolute atomic E-state index is 0.700. The van der Waals surface area contributed by atoms with E-state index in [1.807, 2.05) is 6.07 Å². The van der Waals surface area contributed by atoms with Crippen molar-refractivity contribution in [3.8, 4) is 5.88 Å². The van der Waals surface area contributed by atoms with E-state index in [0.29, 0.717) is 6.04 Å². The van der Waals surface area contributed by atoms with Crippen molar-refractivity contribution in [1.82, 2.24) is 10.3 Å². The smallest absolute Gasteiger partial charge is 0.218 e. The number of aromatic nitrogens is 1. The lowest BCUT2D eigenvalue weighted by atomic mass is 9.93. The van der Waals surface area contributed by atoms with E-state index in [0.717, 1.165) is 12.4 Å². The van der Waals surface area contributed by atoms with Crippen molar-refractivity contribution >= 4 is 22.6 Å². The molecule has 0 saturated heterocycles. The van der Waals surface area contributed by atoms with Gasteiger partial charge >= 0.3 is 0 Å². The summed E-state index contributed by atoms with van der Waals surface area (Å²) in [7, 11) is 1.67. The van der Waals surface area contributed by atoms with Gasteiger partial charge in [0.1, 0.15) is 0 Å². The van der Waals surface area contributed by atoms with Gasteiger partial charge in [0.25, 0.3) is 0 Å². The molecule has 82 valence electrons. The molecule has 0 radical (unpaired) electrons. The van der Waals surface area contributed by atoms with Crippen molar-refractivity contribution in [3.05, 3.63) is 21.4 Å². The summed E-state index contributed by atoms with van der Waals surface area (Å²) in [5.41, 5.74) is 1.17. The molecule has 0 bridgehead atoms. The fraction of sp³-hybridized carbons (Fsp3) is 0.545. The van der Waals surface area contributed by atoms with E-state index < -0.39 is 0 Å². The molecule has 1 saturated carbocycles. The first-order valence-corrected chi connectivity index (χ1v) is 6.30. The van der Waals surface area contributed by atoms with Crippen LogP contribution >= 0.6 is 22.6 Å². The quantitative estimate of drug-likeness (QED) is 0.866. The molecule has 1 aromatic rings. The van der Waals surface area contributed by atoms with Crippen LogP contribution in [0.2, 0.25) is 0 Å².